The lowest BCUT2D eigenvalue weighted by molar-refractivity contribution is 0.283. The Hall–Kier alpha value is -2.01. The van der Waals surface area contributed by atoms with Crippen LogP contribution in [0.2, 0.25) is 0 Å². The first-order valence-corrected chi connectivity index (χ1v) is 11.8. The lowest BCUT2D eigenvalue weighted by Gasteiger charge is -2.34. The number of benzene rings is 2. The maximum absolute atomic E-state index is 9.64. The van der Waals surface area contributed by atoms with Gasteiger partial charge in [0.05, 0.1) is 6.61 Å². The van der Waals surface area contributed by atoms with E-state index in [0.717, 1.165) is 35.7 Å². The molecular formula is C25H28N2OS. The van der Waals surface area contributed by atoms with Gasteiger partial charge >= 0.3 is 0 Å². The lowest BCUT2D eigenvalue weighted by atomic mass is 9.82. The van der Waals surface area contributed by atoms with Gasteiger partial charge in [-0.25, -0.2) is 0 Å². The third-order valence-corrected chi connectivity index (χ3v) is 7.40. The summed E-state index contributed by atoms with van der Waals surface area (Å²) in [6.45, 7) is 3.57. The van der Waals surface area contributed by atoms with Crippen molar-refractivity contribution in [3.8, 4) is 0 Å². The summed E-state index contributed by atoms with van der Waals surface area (Å²) in [7, 11) is 0. The van der Waals surface area contributed by atoms with Gasteiger partial charge < -0.3 is 10.1 Å². The molecule has 150 valence electrons. The number of fused-ring (bicyclic) bond motifs is 3. The fraction of sp³-hybridized carbons (Fsp3) is 0.360. The SMILES string of the molecule is OCc1cccc2[nH]cc(CSCCN3CCC4=C(CCc5ccccc54)C3)c12. The molecular weight excluding hydrogens is 376 g/mol. The van der Waals surface area contributed by atoms with Crippen molar-refractivity contribution in [3.05, 3.63) is 76.5 Å². The molecule has 1 aliphatic carbocycles. The third-order valence-electron chi connectivity index (χ3n) is 6.41. The highest BCUT2D eigenvalue weighted by atomic mass is 32.2. The summed E-state index contributed by atoms with van der Waals surface area (Å²) in [5.74, 6) is 2.14. The van der Waals surface area contributed by atoms with Gasteiger partial charge in [0.25, 0.3) is 0 Å². The van der Waals surface area contributed by atoms with Crippen molar-refractivity contribution in [3.63, 3.8) is 0 Å². The zero-order valence-corrected chi connectivity index (χ0v) is 17.6. The van der Waals surface area contributed by atoms with Crippen LogP contribution in [-0.2, 0) is 18.8 Å². The highest BCUT2D eigenvalue weighted by Crippen LogP contribution is 2.36. The van der Waals surface area contributed by atoms with E-state index in [0.29, 0.717) is 0 Å². The minimum Gasteiger partial charge on any atom is -0.392 e. The molecule has 3 aromatic rings. The summed E-state index contributed by atoms with van der Waals surface area (Å²) in [6.07, 6.45) is 5.73. The van der Waals surface area contributed by atoms with Gasteiger partial charge in [0.2, 0.25) is 0 Å². The van der Waals surface area contributed by atoms with Gasteiger partial charge in [0.1, 0.15) is 0 Å². The Morgan fingerprint density at radius 1 is 1.00 bits per heavy atom. The van der Waals surface area contributed by atoms with E-state index in [-0.39, 0.29) is 6.61 Å². The molecule has 0 spiro atoms. The number of aliphatic hydroxyl groups is 1. The second kappa shape index (κ2) is 8.39. The minimum atomic E-state index is 0.0984. The fourth-order valence-corrected chi connectivity index (χ4v) is 5.89. The number of aryl methyl sites for hydroxylation is 1. The van der Waals surface area contributed by atoms with Crippen molar-refractivity contribution < 1.29 is 5.11 Å². The summed E-state index contributed by atoms with van der Waals surface area (Å²) in [6, 6.07) is 15.1. The number of nitrogens with one attached hydrogen (secondary N) is 1. The third kappa shape index (κ3) is 3.77. The van der Waals surface area contributed by atoms with E-state index in [1.165, 1.54) is 47.9 Å². The van der Waals surface area contributed by atoms with Gasteiger partial charge in [-0.05, 0) is 53.2 Å². The molecule has 2 heterocycles. The van der Waals surface area contributed by atoms with E-state index in [4.69, 9.17) is 0 Å². The Morgan fingerprint density at radius 3 is 2.86 bits per heavy atom. The number of aromatic amines is 1. The maximum atomic E-state index is 9.64. The summed E-state index contributed by atoms with van der Waals surface area (Å²) in [4.78, 5) is 5.98. The number of rotatable bonds is 6. The number of thioether (sulfide) groups is 1. The Labute approximate surface area is 176 Å². The van der Waals surface area contributed by atoms with Crippen molar-refractivity contribution in [2.75, 3.05) is 25.4 Å². The van der Waals surface area contributed by atoms with Gasteiger partial charge in [-0.2, -0.15) is 11.8 Å². The van der Waals surface area contributed by atoms with Crippen LogP contribution >= 0.6 is 11.8 Å². The number of aliphatic hydroxyl groups excluding tert-OH is 1. The molecule has 5 rings (SSSR count). The molecule has 0 atom stereocenters. The molecule has 2 aromatic carbocycles. The van der Waals surface area contributed by atoms with Crippen LogP contribution < -0.4 is 0 Å². The van der Waals surface area contributed by atoms with E-state index >= 15 is 0 Å². The molecule has 0 radical (unpaired) electrons. The lowest BCUT2D eigenvalue weighted by Crippen LogP contribution is -2.34. The van der Waals surface area contributed by atoms with Gasteiger partial charge in [-0.3, -0.25) is 4.90 Å². The summed E-state index contributed by atoms with van der Waals surface area (Å²) >= 11 is 2.00. The smallest absolute Gasteiger partial charge is 0.0688 e. The molecule has 1 aliphatic heterocycles. The summed E-state index contributed by atoms with van der Waals surface area (Å²) in [5.41, 5.74) is 9.81. The van der Waals surface area contributed by atoms with Crippen LogP contribution in [0.3, 0.4) is 0 Å². The molecule has 4 heteroatoms. The molecule has 0 amide bonds. The fourth-order valence-electron chi connectivity index (χ4n) is 4.91. The molecule has 3 nitrogen and oxygen atoms in total. The van der Waals surface area contributed by atoms with Gasteiger partial charge in [-0.1, -0.05) is 42.0 Å². The quantitative estimate of drug-likeness (QED) is 0.568. The van der Waals surface area contributed by atoms with E-state index in [1.54, 1.807) is 11.1 Å². The number of hydrogen-bond acceptors (Lipinski definition) is 3. The van der Waals surface area contributed by atoms with E-state index in [9.17, 15) is 5.11 Å². The second-order valence-electron chi connectivity index (χ2n) is 8.13. The zero-order chi connectivity index (χ0) is 19.6. The second-order valence-corrected chi connectivity index (χ2v) is 9.23. The zero-order valence-electron chi connectivity index (χ0n) is 16.8. The van der Waals surface area contributed by atoms with E-state index in [2.05, 4.69) is 46.4 Å². The maximum Gasteiger partial charge on any atom is 0.0688 e. The number of hydrogen-bond donors (Lipinski definition) is 2. The topological polar surface area (TPSA) is 39.3 Å². The highest BCUT2D eigenvalue weighted by molar-refractivity contribution is 7.98. The molecule has 1 aromatic heterocycles. The first-order chi connectivity index (χ1) is 14.3. The largest absolute Gasteiger partial charge is 0.392 e. The van der Waals surface area contributed by atoms with E-state index in [1.807, 2.05) is 23.9 Å². The average molecular weight is 405 g/mol. The van der Waals surface area contributed by atoms with E-state index < -0.39 is 0 Å². The molecule has 0 unspecified atom stereocenters. The minimum absolute atomic E-state index is 0.0984. The molecule has 2 aliphatic rings. The molecule has 0 bridgehead atoms. The van der Waals surface area contributed by atoms with Crippen molar-refractivity contribution in [1.29, 1.82) is 0 Å². The predicted molar refractivity (Wildman–Crippen MR) is 123 cm³/mol. The van der Waals surface area contributed by atoms with Crippen LogP contribution in [0.1, 0.15) is 35.1 Å². The van der Waals surface area contributed by atoms with Crippen molar-refractivity contribution in [1.82, 2.24) is 9.88 Å². The Bertz CT molecular complexity index is 1050. The Morgan fingerprint density at radius 2 is 1.93 bits per heavy atom. The van der Waals surface area contributed by atoms with Gasteiger partial charge in [0, 0.05) is 48.2 Å². The molecule has 0 fully saturated rings. The number of aromatic nitrogens is 1. The summed E-state index contributed by atoms with van der Waals surface area (Å²) < 4.78 is 0. The first kappa shape index (κ1) is 19.0. The van der Waals surface area contributed by atoms with Gasteiger partial charge in [-0.15, -0.1) is 0 Å². The Kier molecular flexibility index (Phi) is 5.49. The molecule has 29 heavy (non-hydrogen) atoms. The molecule has 0 saturated heterocycles. The average Bonchev–Trinajstić information content (AvgIpc) is 3.19. The highest BCUT2D eigenvalue weighted by Gasteiger charge is 2.24. The number of nitrogens with zero attached hydrogens (tertiary/aromatic N) is 1. The van der Waals surface area contributed by atoms with Crippen molar-refractivity contribution in [2.24, 2.45) is 0 Å². The normalized spacial score (nSPS) is 16.9. The van der Waals surface area contributed by atoms with Crippen LogP contribution in [0.15, 0.2) is 54.2 Å². The standard InChI is InChI=1S/C25H28N2OS/c28-16-20-5-3-7-24-25(20)21(14-26-24)17-29-13-12-27-11-10-23-19(15-27)9-8-18-4-1-2-6-22(18)23/h1-7,14,26,28H,8-13,15-17H2. The first-order valence-electron chi connectivity index (χ1n) is 10.6. The van der Waals surface area contributed by atoms with Crippen molar-refractivity contribution in [2.45, 2.75) is 31.6 Å². The predicted octanol–water partition coefficient (Wildman–Crippen LogP) is 5.00. The van der Waals surface area contributed by atoms with Crippen LogP contribution in [0.25, 0.3) is 16.5 Å². The Balaban J connectivity index is 1.18. The van der Waals surface area contributed by atoms with Crippen molar-refractivity contribution >= 4 is 28.2 Å². The molecule has 2 N–H and O–H groups in total. The monoisotopic (exact) mass is 404 g/mol. The van der Waals surface area contributed by atoms with Gasteiger partial charge in [0.15, 0.2) is 0 Å². The van der Waals surface area contributed by atoms with Crippen LogP contribution in [0.5, 0.6) is 0 Å². The number of H-pyrrole nitrogens is 1. The van der Waals surface area contributed by atoms with Crippen LogP contribution in [0, 0.1) is 0 Å². The summed E-state index contributed by atoms with van der Waals surface area (Å²) in [5, 5.41) is 10.8. The molecule has 0 saturated carbocycles. The van der Waals surface area contributed by atoms with Crippen LogP contribution in [-0.4, -0.2) is 40.4 Å². The van der Waals surface area contributed by atoms with Crippen LogP contribution in [0.4, 0.5) is 0 Å².